The topological polar surface area (TPSA) is 97.5 Å². The number of aliphatic hydroxyl groups is 1. The molecule has 0 bridgehead atoms. The van der Waals surface area contributed by atoms with Gasteiger partial charge in [-0.1, -0.05) is 18.2 Å². The van der Waals surface area contributed by atoms with Crippen molar-refractivity contribution >= 4 is 11.4 Å². The molecule has 0 saturated heterocycles. The molecule has 120 valence electrons. The molecule has 1 aliphatic carbocycles. The van der Waals surface area contributed by atoms with E-state index in [0.29, 0.717) is 17.9 Å². The average Bonchev–Trinajstić information content (AvgIpc) is 2.55. The molecule has 0 spiro atoms. The highest BCUT2D eigenvalue weighted by molar-refractivity contribution is 5.72. The molecule has 1 aliphatic rings. The van der Waals surface area contributed by atoms with Crippen molar-refractivity contribution in [2.24, 2.45) is 0 Å². The van der Waals surface area contributed by atoms with Gasteiger partial charge in [-0.3, -0.25) is 10.1 Å². The fourth-order valence-electron chi connectivity index (χ4n) is 2.82. The summed E-state index contributed by atoms with van der Waals surface area (Å²) in [5.41, 5.74) is 1.68. The molecule has 7 nitrogen and oxygen atoms in total. The summed E-state index contributed by atoms with van der Waals surface area (Å²) >= 11 is 0. The second kappa shape index (κ2) is 6.62. The van der Waals surface area contributed by atoms with E-state index in [1.54, 1.807) is 24.3 Å². The van der Waals surface area contributed by atoms with Crippen molar-refractivity contribution in [1.29, 1.82) is 0 Å². The Morgan fingerprint density at radius 3 is 2.70 bits per heavy atom. The summed E-state index contributed by atoms with van der Waals surface area (Å²) in [6.45, 7) is -0.387. The lowest BCUT2D eigenvalue weighted by atomic mass is 9.94. The predicted octanol–water partition coefficient (Wildman–Crippen LogP) is 3.02. The lowest BCUT2D eigenvalue weighted by Gasteiger charge is -2.20. The summed E-state index contributed by atoms with van der Waals surface area (Å²) in [6, 6.07) is 8.83. The summed E-state index contributed by atoms with van der Waals surface area (Å²) in [4.78, 5) is 15.4. The van der Waals surface area contributed by atoms with E-state index in [1.165, 1.54) is 0 Å². The number of fused-ring (bicyclic) bond motifs is 1. The van der Waals surface area contributed by atoms with E-state index in [9.17, 15) is 15.2 Å². The molecule has 0 aliphatic heterocycles. The molecular weight excluding hydrogens is 298 g/mol. The number of aromatic nitrogens is 1. The zero-order valence-corrected chi connectivity index (χ0v) is 12.5. The van der Waals surface area contributed by atoms with Gasteiger partial charge in [0.25, 0.3) is 0 Å². The third-order valence-electron chi connectivity index (χ3n) is 3.81. The second-order valence-electron chi connectivity index (χ2n) is 5.28. The maximum atomic E-state index is 11.6. The minimum Gasteiger partial charge on any atom is -0.434 e. The van der Waals surface area contributed by atoms with E-state index >= 15 is 0 Å². The standard InChI is InChI=1S/C16H17N3O4/c20-10-17-14-12-8-4-5-9-13(12)18-16(15(14)19(21)22)23-11-6-2-1-3-7-11/h1-3,6-7,20H,4-5,8-10H2,(H,17,18). The van der Waals surface area contributed by atoms with Crippen LogP contribution in [0.5, 0.6) is 11.6 Å². The van der Waals surface area contributed by atoms with Crippen LogP contribution in [-0.4, -0.2) is 21.7 Å². The molecule has 1 heterocycles. The van der Waals surface area contributed by atoms with Crippen molar-refractivity contribution in [3.63, 3.8) is 0 Å². The fourth-order valence-corrected chi connectivity index (χ4v) is 2.82. The number of pyridine rings is 1. The van der Waals surface area contributed by atoms with Crippen LogP contribution in [-0.2, 0) is 12.8 Å². The summed E-state index contributed by atoms with van der Waals surface area (Å²) < 4.78 is 5.65. The first-order valence-corrected chi connectivity index (χ1v) is 7.48. The van der Waals surface area contributed by atoms with E-state index in [-0.39, 0.29) is 18.3 Å². The van der Waals surface area contributed by atoms with Gasteiger partial charge in [0.2, 0.25) is 0 Å². The average molecular weight is 315 g/mol. The molecule has 0 amide bonds. The van der Waals surface area contributed by atoms with Crippen LogP contribution in [0.2, 0.25) is 0 Å². The highest BCUT2D eigenvalue weighted by atomic mass is 16.6. The Labute approximate surface area is 133 Å². The molecule has 1 aromatic carbocycles. The maximum Gasteiger partial charge on any atom is 0.354 e. The van der Waals surface area contributed by atoms with Crippen LogP contribution in [0.3, 0.4) is 0 Å². The van der Waals surface area contributed by atoms with Crippen molar-refractivity contribution in [1.82, 2.24) is 4.98 Å². The van der Waals surface area contributed by atoms with E-state index in [2.05, 4.69) is 10.3 Å². The SMILES string of the molecule is O=[N+]([O-])c1c(Oc2ccccc2)nc2c(c1NCO)CCCC2. The Bertz CT molecular complexity index is 719. The molecule has 1 aromatic heterocycles. The van der Waals surface area contributed by atoms with E-state index in [1.807, 2.05) is 6.07 Å². The molecule has 7 heteroatoms. The zero-order chi connectivity index (χ0) is 16.2. The second-order valence-corrected chi connectivity index (χ2v) is 5.28. The maximum absolute atomic E-state index is 11.6. The third kappa shape index (κ3) is 3.09. The van der Waals surface area contributed by atoms with Crippen molar-refractivity contribution in [2.75, 3.05) is 12.0 Å². The van der Waals surface area contributed by atoms with Gasteiger partial charge in [0.1, 0.15) is 18.2 Å². The number of nitro groups is 1. The Kier molecular flexibility index (Phi) is 4.38. The molecule has 0 unspecified atom stereocenters. The fraction of sp³-hybridized carbons (Fsp3) is 0.312. The van der Waals surface area contributed by atoms with Crippen molar-refractivity contribution < 1.29 is 14.8 Å². The largest absolute Gasteiger partial charge is 0.434 e. The molecule has 3 rings (SSSR count). The van der Waals surface area contributed by atoms with Gasteiger partial charge >= 0.3 is 11.6 Å². The number of hydrogen-bond donors (Lipinski definition) is 2. The number of para-hydroxylation sites is 1. The van der Waals surface area contributed by atoms with E-state index in [0.717, 1.165) is 30.5 Å². The number of aryl methyl sites for hydroxylation is 1. The van der Waals surface area contributed by atoms with Crippen LogP contribution >= 0.6 is 0 Å². The zero-order valence-electron chi connectivity index (χ0n) is 12.5. The van der Waals surface area contributed by atoms with Gasteiger partial charge in [-0.05, 0) is 37.8 Å². The number of rotatable bonds is 5. The van der Waals surface area contributed by atoms with Gasteiger partial charge in [0.15, 0.2) is 0 Å². The lowest BCUT2D eigenvalue weighted by molar-refractivity contribution is -0.385. The minimum absolute atomic E-state index is 0.0437. The summed E-state index contributed by atoms with van der Waals surface area (Å²) in [5, 5.41) is 23.5. The van der Waals surface area contributed by atoms with Gasteiger partial charge in [0.05, 0.1) is 10.6 Å². The molecule has 0 fully saturated rings. The number of nitrogens with one attached hydrogen (secondary N) is 1. The number of aliphatic hydroxyl groups excluding tert-OH is 1. The number of ether oxygens (including phenoxy) is 1. The number of anilines is 1. The van der Waals surface area contributed by atoms with Gasteiger partial charge in [-0.25, -0.2) is 4.98 Å². The highest BCUT2D eigenvalue weighted by Gasteiger charge is 2.30. The van der Waals surface area contributed by atoms with Crippen LogP contribution in [0.4, 0.5) is 11.4 Å². The highest BCUT2D eigenvalue weighted by Crippen LogP contribution is 2.41. The molecule has 2 N–H and O–H groups in total. The van der Waals surface area contributed by atoms with E-state index < -0.39 is 4.92 Å². The van der Waals surface area contributed by atoms with Gasteiger partial charge < -0.3 is 15.2 Å². The number of benzene rings is 1. The van der Waals surface area contributed by atoms with Gasteiger partial charge in [-0.15, -0.1) is 0 Å². The van der Waals surface area contributed by atoms with Crippen LogP contribution in [0.15, 0.2) is 30.3 Å². The number of nitrogens with zero attached hydrogens (tertiary/aromatic N) is 2. The summed E-state index contributed by atoms with van der Waals surface area (Å²) in [7, 11) is 0. The smallest absolute Gasteiger partial charge is 0.354 e. The molecule has 0 atom stereocenters. The summed E-state index contributed by atoms with van der Waals surface area (Å²) in [6.07, 6.45) is 3.39. The van der Waals surface area contributed by atoms with Crippen molar-refractivity contribution in [2.45, 2.75) is 25.7 Å². The monoisotopic (exact) mass is 315 g/mol. The van der Waals surface area contributed by atoms with Crippen molar-refractivity contribution in [3.8, 4) is 11.6 Å². The third-order valence-corrected chi connectivity index (χ3v) is 3.81. The molecule has 23 heavy (non-hydrogen) atoms. The molecule has 0 saturated carbocycles. The Balaban J connectivity index is 2.13. The van der Waals surface area contributed by atoms with Crippen LogP contribution in [0.1, 0.15) is 24.1 Å². The van der Waals surface area contributed by atoms with E-state index in [4.69, 9.17) is 4.74 Å². The normalized spacial score (nSPS) is 13.3. The first kappa shape index (κ1) is 15.2. The van der Waals surface area contributed by atoms with Gasteiger partial charge in [0, 0.05) is 5.56 Å². The Morgan fingerprint density at radius 1 is 1.26 bits per heavy atom. The van der Waals surface area contributed by atoms with Gasteiger partial charge in [-0.2, -0.15) is 0 Å². The first-order chi connectivity index (χ1) is 11.2. The lowest BCUT2D eigenvalue weighted by Crippen LogP contribution is -2.14. The molecular formula is C16H17N3O4. The molecule has 2 aromatic rings. The molecule has 0 radical (unpaired) electrons. The Hall–Kier alpha value is -2.67. The number of hydrogen-bond acceptors (Lipinski definition) is 6. The summed E-state index contributed by atoms with van der Waals surface area (Å²) in [5.74, 6) is 0.437. The predicted molar refractivity (Wildman–Crippen MR) is 84.8 cm³/mol. The quantitative estimate of drug-likeness (QED) is 0.500. The van der Waals surface area contributed by atoms with Crippen LogP contribution in [0.25, 0.3) is 0 Å². The van der Waals surface area contributed by atoms with Crippen LogP contribution in [0, 0.1) is 10.1 Å². The minimum atomic E-state index is -0.516. The Morgan fingerprint density at radius 2 is 2.00 bits per heavy atom. The first-order valence-electron chi connectivity index (χ1n) is 7.48. The van der Waals surface area contributed by atoms with Crippen LogP contribution < -0.4 is 10.1 Å². The van der Waals surface area contributed by atoms with Crippen molar-refractivity contribution in [3.05, 3.63) is 51.7 Å².